The minimum atomic E-state index is -0.173. The molecule has 0 spiro atoms. The van der Waals surface area contributed by atoms with E-state index in [9.17, 15) is 9.59 Å². The molecule has 4 aromatic carbocycles. The third-order valence-corrected chi connectivity index (χ3v) is 7.69. The van der Waals surface area contributed by atoms with Crippen molar-refractivity contribution in [2.75, 3.05) is 11.7 Å². The van der Waals surface area contributed by atoms with Gasteiger partial charge in [-0.1, -0.05) is 71.9 Å². The fourth-order valence-corrected chi connectivity index (χ4v) is 5.69. The third kappa shape index (κ3) is 5.40. The Bertz CT molecular complexity index is 1600. The van der Waals surface area contributed by atoms with Gasteiger partial charge in [-0.25, -0.2) is 0 Å². The van der Waals surface area contributed by atoms with Gasteiger partial charge in [-0.15, -0.1) is 0 Å². The van der Waals surface area contributed by atoms with Crippen LogP contribution in [0.1, 0.15) is 32.6 Å². The smallest absolute Gasteiger partial charge is 0.265 e. The summed E-state index contributed by atoms with van der Waals surface area (Å²) < 4.78 is 10.7. The summed E-state index contributed by atoms with van der Waals surface area (Å²) in [5.41, 5.74) is 5.49. The molecule has 2 aliphatic heterocycles. The van der Waals surface area contributed by atoms with Gasteiger partial charge in [-0.2, -0.15) is 0 Å². The summed E-state index contributed by atoms with van der Waals surface area (Å²) in [7, 11) is 0. The lowest BCUT2D eigenvalue weighted by molar-refractivity contribution is -0.114. The number of nitrogens with zero attached hydrogens (tertiary/aromatic N) is 1. The van der Waals surface area contributed by atoms with Crippen LogP contribution in [0.25, 0.3) is 6.08 Å². The Morgan fingerprint density at radius 2 is 1.74 bits per heavy atom. The van der Waals surface area contributed by atoms with E-state index in [-0.39, 0.29) is 18.6 Å². The zero-order valence-electron chi connectivity index (χ0n) is 21.3. The van der Waals surface area contributed by atoms with E-state index < -0.39 is 0 Å². The third-order valence-electron chi connectivity index (χ3n) is 6.62. The van der Waals surface area contributed by atoms with Crippen LogP contribution >= 0.6 is 11.8 Å². The van der Waals surface area contributed by atoms with Crippen LogP contribution in [0.5, 0.6) is 11.5 Å². The van der Waals surface area contributed by atoms with E-state index in [1.165, 1.54) is 11.8 Å². The predicted octanol–water partition coefficient (Wildman–Crippen LogP) is 6.33. The molecule has 0 saturated heterocycles. The number of hydrogen-bond acceptors (Lipinski definition) is 5. The lowest BCUT2D eigenvalue weighted by atomic mass is 10.1. The van der Waals surface area contributed by atoms with Crippen molar-refractivity contribution in [2.24, 2.45) is 0 Å². The summed E-state index contributed by atoms with van der Waals surface area (Å²) in [6.45, 7) is 3.15. The number of rotatable bonds is 6. The summed E-state index contributed by atoms with van der Waals surface area (Å²) in [5, 5.41) is 2.94. The van der Waals surface area contributed by atoms with Crippen LogP contribution < -0.4 is 19.7 Å². The molecule has 6 rings (SSSR count). The molecule has 0 aromatic heterocycles. The predicted molar refractivity (Wildman–Crippen MR) is 153 cm³/mol. The average molecular weight is 535 g/mol. The van der Waals surface area contributed by atoms with E-state index in [1.807, 2.05) is 77.7 Å². The first-order valence-electron chi connectivity index (χ1n) is 12.7. The molecule has 0 unspecified atom stereocenters. The number of para-hydroxylation sites is 1. The topological polar surface area (TPSA) is 67.9 Å². The van der Waals surface area contributed by atoms with Crippen LogP contribution in [0, 0.1) is 6.92 Å². The molecule has 39 heavy (non-hydrogen) atoms. The van der Waals surface area contributed by atoms with Gasteiger partial charge in [0.1, 0.15) is 0 Å². The van der Waals surface area contributed by atoms with E-state index in [0.29, 0.717) is 35.1 Å². The lowest BCUT2D eigenvalue weighted by Crippen LogP contribution is -2.33. The Kier molecular flexibility index (Phi) is 6.82. The summed E-state index contributed by atoms with van der Waals surface area (Å²) in [5.74, 6) is 1.19. The number of benzene rings is 4. The normalized spacial score (nSPS) is 14.8. The molecule has 2 aliphatic rings. The fourth-order valence-electron chi connectivity index (χ4n) is 4.63. The summed E-state index contributed by atoms with van der Waals surface area (Å²) in [4.78, 5) is 29.9. The van der Waals surface area contributed by atoms with Crippen molar-refractivity contribution in [3.05, 3.63) is 124 Å². The van der Waals surface area contributed by atoms with Crippen molar-refractivity contribution >= 4 is 35.3 Å². The number of hydrogen-bond donors (Lipinski definition) is 1. The highest BCUT2D eigenvalue weighted by Crippen LogP contribution is 2.42. The number of fused-ring (bicyclic) bond motifs is 2. The fraction of sp³-hybridized carbons (Fsp3) is 0.125. The van der Waals surface area contributed by atoms with Crippen LogP contribution in [0.4, 0.5) is 5.69 Å². The van der Waals surface area contributed by atoms with Crippen molar-refractivity contribution in [3.8, 4) is 11.5 Å². The molecule has 0 saturated carbocycles. The molecule has 0 fully saturated rings. The molecule has 7 heteroatoms. The first-order chi connectivity index (χ1) is 19.0. The van der Waals surface area contributed by atoms with Crippen molar-refractivity contribution < 1.29 is 19.1 Å². The molecule has 2 amide bonds. The van der Waals surface area contributed by atoms with Crippen LogP contribution in [0.2, 0.25) is 0 Å². The molecule has 4 aromatic rings. The van der Waals surface area contributed by atoms with Crippen molar-refractivity contribution in [1.29, 1.82) is 0 Å². The molecule has 194 valence electrons. The Morgan fingerprint density at radius 3 is 2.59 bits per heavy atom. The Labute approximate surface area is 231 Å². The van der Waals surface area contributed by atoms with E-state index in [0.717, 1.165) is 32.8 Å². The van der Waals surface area contributed by atoms with Gasteiger partial charge in [-0.3, -0.25) is 9.59 Å². The van der Waals surface area contributed by atoms with E-state index in [2.05, 4.69) is 24.4 Å². The van der Waals surface area contributed by atoms with Gasteiger partial charge in [0.25, 0.3) is 11.8 Å². The largest absolute Gasteiger partial charge is 0.454 e. The van der Waals surface area contributed by atoms with Gasteiger partial charge in [0.15, 0.2) is 11.5 Å². The minimum absolute atomic E-state index is 0.0363. The second-order valence-electron chi connectivity index (χ2n) is 9.45. The molecule has 2 heterocycles. The maximum absolute atomic E-state index is 13.6. The Balaban J connectivity index is 1.17. The number of aryl methyl sites for hydroxylation is 1. The molecule has 6 nitrogen and oxygen atoms in total. The van der Waals surface area contributed by atoms with Gasteiger partial charge in [0.05, 0.1) is 17.1 Å². The molecule has 0 aliphatic carbocycles. The van der Waals surface area contributed by atoms with Crippen LogP contribution in [-0.2, 0) is 17.9 Å². The van der Waals surface area contributed by atoms with Gasteiger partial charge in [-0.05, 0) is 66.1 Å². The first kappa shape index (κ1) is 24.8. The minimum Gasteiger partial charge on any atom is -0.454 e. The molecule has 0 atom stereocenters. The SMILES string of the molecule is Cc1cccc(CN2C(=O)/C(=C\c3ccc(C(=O)NCc4ccc5c(c4)OCO5)cc3)Sc3ccccc32)c1. The van der Waals surface area contributed by atoms with E-state index in [1.54, 1.807) is 12.1 Å². The highest BCUT2D eigenvalue weighted by Gasteiger charge is 2.29. The second-order valence-corrected chi connectivity index (χ2v) is 10.5. The summed E-state index contributed by atoms with van der Waals surface area (Å²) >= 11 is 1.47. The quantitative estimate of drug-likeness (QED) is 0.293. The molecule has 0 radical (unpaired) electrons. The number of carbonyl (C=O) groups excluding carboxylic acids is 2. The molecule has 1 N–H and O–H groups in total. The number of thioether (sulfide) groups is 1. The van der Waals surface area contributed by atoms with Gasteiger partial charge < -0.3 is 19.7 Å². The number of anilines is 1. The maximum atomic E-state index is 13.6. The van der Waals surface area contributed by atoms with Gasteiger partial charge in [0.2, 0.25) is 6.79 Å². The monoisotopic (exact) mass is 534 g/mol. The standard InChI is InChI=1S/C32H26N2O4S/c1-21-5-4-6-24(15-21)19-34-26-7-2-3-8-29(26)39-30(32(34)36)17-22-9-12-25(13-10-22)31(35)33-18-23-11-14-27-28(16-23)38-20-37-27/h2-17H,18-20H2,1H3,(H,33,35)/b30-17+. The van der Waals surface area contributed by atoms with Crippen LogP contribution in [-0.4, -0.2) is 18.6 Å². The van der Waals surface area contributed by atoms with Gasteiger partial charge >= 0.3 is 0 Å². The number of nitrogens with one attached hydrogen (secondary N) is 1. The van der Waals surface area contributed by atoms with E-state index >= 15 is 0 Å². The summed E-state index contributed by atoms with van der Waals surface area (Å²) in [6.07, 6.45) is 1.89. The maximum Gasteiger partial charge on any atom is 0.265 e. The number of carbonyl (C=O) groups is 2. The van der Waals surface area contributed by atoms with Crippen molar-refractivity contribution in [1.82, 2.24) is 5.32 Å². The molecular weight excluding hydrogens is 508 g/mol. The average Bonchev–Trinajstić information content (AvgIpc) is 3.42. The van der Waals surface area contributed by atoms with Crippen LogP contribution in [0.15, 0.2) is 101 Å². The Morgan fingerprint density at radius 1 is 0.923 bits per heavy atom. The zero-order valence-corrected chi connectivity index (χ0v) is 22.2. The van der Waals surface area contributed by atoms with E-state index in [4.69, 9.17) is 9.47 Å². The molecule has 0 bridgehead atoms. The van der Waals surface area contributed by atoms with Crippen molar-refractivity contribution in [2.45, 2.75) is 24.9 Å². The summed E-state index contributed by atoms with van der Waals surface area (Å²) in [6, 6.07) is 29.1. The first-order valence-corrected chi connectivity index (χ1v) is 13.5. The lowest BCUT2D eigenvalue weighted by Gasteiger charge is -2.30. The number of ether oxygens (including phenoxy) is 2. The van der Waals surface area contributed by atoms with Crippen LogP contribution in [0.3, 0.4) is 0 Å². The highest BCUT2D eigenvalue weighted by molar-refractivity contribution is 8.04. The van der Waals surface area contributed by atoms with Crippen molar-refractivity contribution in [3.63, 3.8) is 0 Å². The zero-order chi connectivity index (χ0) is 26.8. The second kappa shape index (κ2) is 10.7. The Hall–Kier alpha value is -4.49. The number of amides is 2. The highest BCUT2D eigenvalue weighted by atomic mass is 32.2. The van der Waals surface area contributed by atoms with Gasteiger partial charge in [0, 0.05) is 17.0 Å². The molecular formula is C32H26N2O4S.